The summed E-state index contributed by atoms with van der Waals surface area (Å²) in [4.78, 5) is 0. The number of benzene rings is 1. The van der Waals surface area contributed by atoms with Crippen LogP contribution in [-0.4, -0.2) is 22.0 Å². The van der Waals surface area contributed by atoms with Gasteiger partial charge in [0.1, 0.15) is 18.9 Å². The van der Waals surface area contributed by atoms with Crippen molar-refractivity contribution in [2.75, 3.05) is 13.2 Å². The maximum Gasteiger partial charge on any atom is 0.170 e. The first-order valence-electron chi connectivity index (χ1n) is 4.72. The maximum absolute atomic E-state index is 5.92. The third-order valence-electron chi connectivity index (χ3n) is 2.26. The second-order valence-corrected chi connectivity index (χ2v) is 4.15. The molecule has 6 heteroatoms. The van der Waals surface area contributed by atoms with Gasteiger partial charge < -0.3 is 9.47 Å². The fraction of sp³-hybridized carbons (Fsp3) is 0.200. The molecule has 1 aliphatic rings. The van der Waals surface area contributed by atoms with Gasteiger partial charge >= 0.3 is 0 Å². The van der Waals surface area contributed by atoms with Crippen LogP contribution in [0.5, 0.6) is 11.5 Å². The van der Waals surface area contributed by atoms with E-state index in [2.05, 4.69) is 8.75 Å². The molecule has 1 aromatic heterocycles. The van der Waals surface area contributed by atoms with Crippen LogP contribution < -0.4 is 9.47 Å². The van der Waals surface area contributed by atoms with Gasteiger partial charge in [-0.1, -0.05) is 11.6 Å². The molecule has 0 radical (unpaired) electrons. The molecule has 0 unspecified atom stereocenters. The monoisotopic (exact) mass is 254 g/mol. The Bertz CT molecular complexity index is 529. The Labute approximate surface area is 101 Å². The highest BCUT2D eigenvalue weighted by Crippen LogP contribution is 2.35. The Morgan fingerprint density at radius 1 is 1.12 bits per heavy atom. The summed E-state index contributed by atoms with van der Waals surface area (Å²) in [6, 6.07) is 5.63. The summed E-state index contributed by atoms with van der Waals surface area (Å²) in [5, 5.41) is 0.418. The molecule has 0 fully saturated rings. The van der Waals surface area contributed by atoms with Crippen LogP contribution in [-0.2, 0) is 0 Å². The zero-order chi connectivity index (χ0) is 11.0. The predicted octanol–water partition coefficient (Wildman–Crippen LogP) is 2.63. The van der Waals surface area contributed by atoms with Gasteiger partial charge in [-0.2, -0.15) is 8.75 Å². The number of halogens is 1. The molecular formula is C10H7ClN2O2S. The van der Waals surface area contributed by atoms with Crippen molar-refractivity contribution in [3.05, 3.63) is 23.4 Å². The van der Waals surface area contributed by atoms with E-state index < -0.39 is 0 Å². The van der Waals surface area contributed by atoms with Crippen molar-refractivity contribution in [1.82, 2.24) is 8.75 Å². The second kappa shape index (κ2) is 3.92. The highest BCUT2D eigenvalue weighted by molar-refractivity contribution is 6.99. The van der Waals surface area contributed by atoms with Gasteiger partial charge in [0.15, 0.2) is 16.7 Å². The van der Waals surface area contributed by atoms with Gasteiger partial charge in [0.2, 0.25) is 0 Å². The summed E-state index contributed by atoms with van der Waals surface area (Å²) in [5.74, 6) is 1.49. The van der Waals surface area contributed by atoms with Crippen LogP contribution in [0.3, 0.4) is 0 Å². The Morgan fingerprint density at radius 2 is 1.94 bits per heavy atom. The van der Waals surface area contributed by atoms with Gasteiger partial charge in [-0.3, -0.25) is 0 Å². The summed E-state index contributed by atoms with van der Waals surface area (Å²) in [6.45, 7) is 1.16. The van der Waals surface area contributed by atoms with E-state index in [0.717, 1.165) is 28.8 Å². The van der Waals surface area contributed by atoms with E-state index in [4.69, 9.17) is 21.1 Å². The minimum atomic E-state index is 0.418. The summed E-state index contributed by atoms with van der Waals surface area (Å²) in [5.41, 5.74) is 1.58. The predicted molar refractivity (Wildman–Crippen MR) is 61.3 cm³/mol. The largest absolute Gasteiger partial charge is 0.486 e. The zero-order valence-corrected chi connectivity index (χ0v) is 9.72. The van der Waals surface area contributed by atoms with Gasteiger partial charge in [-0.05, 0) is 18.2 Å². The molecule has 0 atom stereocenters. The Kier molecular flexibility index (Phi) is 2.41. The van der Waals surface area contributed by atoms with Crippen LogP contribution in [0.15, 0.2) is 18.2 Å². The molecule has 0 saturated carbocycles. The highest BCUT2D eigenvalue weighted by atomic mass is 35.5. The SMILES string of the molecule is Clc1nsnc1-c1ccc2c(c1)OCCO2. The molecule has 82 valence electrons. The van der Waals surface area contributed by atoms with E-state index in [-0.39, 0.29) is 0 Å². The van der Waals surface area contributed by atoms with Crippen LogP contribution in [0.2, 0.25) is 5.15 Å². The quantitative estimate of drug-likeness (QED) is 0.785. The molecular weight excluding hydrogens is 248 g/mol. The van der Waals surface area contributed by atoms with Crippen molar-refractivity contribution in [2.45, 2.75) is 0 Å². The third kappa shape index (κ3) is 1.62. The Balaban J connectivity index is 2.06. The molecule has 1 aromatic carbocycles. The molecule has 0 spiro atoms. The lowest BCUT2D eigenvalue weighted by Gasteiger charge is -2.18. The summed E-state index contributed by atoms with van der Waals surface area (Å²) in [6.07, 6.45) is 0. The number of hydrogen-bond donors (Lipinski definition) is 0. The van der Waals surface area contributed by atoms with E-state index in [0.29, 0.717) is 24.1 Å². The molecule has 0 bridgehead atoms. The van der Waals surface area contributed by atoms with Crippen LogP contribution in [0.25, 0.3) is 11.3 Å². The highest BCUT2D eigenvalue weighted by Gasteiger charge is 2.15. The maximum atomic E-state index is 5.92. The number of ether oxygens (including phenoxy) is 2. The number of rotatable bonds is 1. The van der Waals surface area contributed by atoms with Crippen LogP contribution in [0, 0.1) is 0 Å². The molecule has 1 aliphatic heterocycles. The lowest BCUT2D eigenvalue weighted by molar-refractivity contribution is 0.171. The van der Waals surface area contributed by atoms with Crippen molar-refractivity contribution >= 4 is 23.3 Å². The number of fused-ring (bicyclic) bond motifs is 1. The average molecular weight is 255 g/mol. The van der Waals surface area contributed by atoms with Gasteiger partial charge in [0.25, 0.3) is 0 Å². The summed E-state index contributed by atoms with van der Waals surface area (Å²) in [7, 11) is 0. The van der Waals surface area contributed by atoms with Crippen molar-refractivity contribution in [2.24, 2.45) is 0 Å². The van der Waals surface area contributed by atoms with E-state index in [1.807, 2.05) is 18.2 Å². The molecule has 0 N–H and O–H groups in total. The lowest BCUT2D eigenvalue weighted by Crippen LogP contribution is -2.15. The average Bonchev–Trinajstić information content (AvgIpc) is 2.75. The number of hydrogen-bond acceptors (Lipinski definition) is 5. The van der Waals surface area contributed by atoms with E-state index in [1.54, 1.807) is 0 Å². The topological polar surface area (TPSA) is 44.2 Å². The van der Waals surface area contributed by atoms with Crippen molar-refractivity contribution in [1.29, 1.82) is 0 Å². The van der Waals surface area contributed by atoms with Crippen molar-refractivity contribution < 1.29 is 9.47 Å². The van der Waals surface area contributed by atoms with Gasteiger partial charge in [-0.25, -0.2) is 0 Å². The summed E-state index contributed by atoms with van der Waals surface area (Å²) >= 11 is 7.02. The zero-order valence-electron chi connectivity index (χ0n) is 8.14. The normalized spacial score (nSPS) is 13.8. The van der Waals surface area contributed by atoms with Gasteiger partial charge in [0, 0.05) is 5.56 Å². The number of aromatic nitrogens is 2. The molecule has 4 nitrogen and oxygen atoms in total. The number of nitrogens with zero attached hydrogens (tertiary/aromatic N) is 2. The van der Waals surface area contributed by atoms with E-state index >= 15 is 0 Å². The fourth-order valence-corrected chi connectivity index (χ4v) is 2.31. The molecule has 2 heterocycles. The molecule has 2 aromatic rings. The Hall–Kier alpha value is -1.33. The van der Waals surface area contributed by atoms with Gasteiger partial charge in [-0.15, -0.1) is 0 Å². The first-order chi connectivity index (χ1) is 7.84. The third-order valence-corrected chi connectivity index (χ3v) is 3.16. The minimum absolute atomic E-state index is 0.418. The molecule has 0 aliphatic carbocycles. The first-order valence-corrected chi connectivity index (χ1v) is 5.83. The molecule has 0 saturated heterocycles. The first kappa shape index (κ1) is 9.86. The Morgan fingerprint density at radius 3 is 2.69 bits per heavy atom. The van der Waals surface area contributed by atoms with Crippen LogP contribution >= 0.6 is 23.3 Å². The summed E-state index contributed by atoms with van der Waals surface area (Å²) < 4.78 is 19.0. The fourth-order valence-electron chi connectivity index (χ4n) is 1.54. The molecule has 16 heavy (non-hydrogen) atoms. The molecule has 3 rings (SSSR count). The van der Waals surface area contributed by atoms with Gasteiger partial charge in [0.05, 0.1) is 11.7 Å². The van der Waals surface area contributed by atoms with E-state index in [1.165, 1.54) is 0 Å². The molecule has 0 amide bonds. The second-order valence-electron chi connectivity index (χ2n) is 3.26. The van der Waals surface area contributed by atoms with Crippen molar-refractivity contribution in [3.63, 3.8) is 0 Å². The van der Waals surface area contributed by atoms with E-state index in [9.17, 15) is 0 Å². The smallest absolute Gasteiger partial charge is 0.170 e. The minimum Gasteiger partial charge on any atom is -0.486 e. The lowest BCUT2D eigenvalue weighted by atomic mass is 10.1. The van der Waals surface area contributed by atoms with Crippen LogP contribution in [0.1, 0.15) is 0 Å². The van der Waals surface area contributed by atoms with Crippen LogP contribution in [0.4, 0.5) is 0 Å². The van der Waals surface area contributed by atoms with Crippen molar-refractivity contribution in [3.8, 4) is 22.8 Å². The standard InChI is InChI=1S/C10H7ClN2O2S/c11-10-9(12-16-13-10)6-1-2-7-8(5-6)15-4-3-14-7/h1-2,5H,3-4H2.